The fourth-order valence-electron chi connectivity index (χ4n) is 6.22. The summed E-state index contributed by atoms with van der Waals surface area (Å²) in [5, 5.41) is 0.329. The Labute approximate surface area is 211 Å². The molecule has 2 aromatic rings. The Balaban J connectivity index is 1.54. The summed E-state index contributed by atoms with van der Waals surface area (Å²) < 4.78 is 12.2. The molecule has 1 fully saturated rings. The van der Waals surface area contributed by atoms with E-state index in [9.17, 15) is 4.79 Å². The van der Waals surface area contributed by atoms with E-state index >= 15 is 0 Å². The summed E-state index contributed by atoms with van der Waals surface area (Å²) in [6.07, 6.45) is 7.45. The van der Waals surface area contributed by atoms with Gasteiger partial charge in [-0.2, -0.15) is 0 Å². The maximum Gasteiger partial charge on any atom is 0.252 e. The third-order valence-corrected chi connectivity index (χ3v) is 8.58. The summed E-state index contributed by atoms with van der Waals surface area (Å²) in [4.78, 5) is 14.4. The van der Waals surface area contributed by atoms with Crippen molar-refractivity contribution in [2.45, 2.75) is 43.6 Å². The summed E-state index contributed by atoms with van der Waals surface area (Å²) in [6, 6.07) is 11.8. The first-order chi connectivity index (χ1) is 16.4. The zero-order chi connectivity index (χ0) is 23.9. The summed E-state index contributed by atoms with van der Waals surface area (Å²) in [7, 11) is 1.76. The van der Waals surface area contributed by atoms with Gasteiger partial charge in [0.05, 0.1) is 18.4 Å². The molecule has 1 spiro atoms. The highest BCUT2D eigenvalue weighted by atomic mass is 35.5. The van der Waals surface area contributed by atoms with E-state index in [1.807, 2.05) is 24.3 Å². The Hall–Kier alpha value is -2.01. The van der Waals surface area contributed by atoms with Gasteiger partial charge in [0.1, 0.15) is 5.75 Å². The summed E-state index contributed by atoms with van der Waals surface area (Å²) in [5.41, 5.74) is 3.95. The average molecular weight is 500 g/mol. The molecule has 2 aromatic carbocycles. The lowest BCUT2D eigenvalue weighted by molar-refractivity contribution is 0.0135. The predicted octanol–water partition coefficient (Wildman–Crippen LogP) is 6.42. The molecule has 4 nitrogen and oxygen atoms in total. The smallest absolute Gasteiger partial charge is 0.252 e. The van der Waals surface area contributed by atoms with Gasteiger partial charge in [0, 0.05) is 36.2 Å². The SMILES string of the molecule is C=CC(OC)[C@@H]1CC[C@H]1CN1C[C@@]2(CCCc3cc(Cl)ccc32)COc2ccc(C(=O)Cl)cc21. The Kier molecular flexibility index (Phi) is 6.67. The molecule has 3 aliphatic rings. The fourth-order valence-corrected chi connectivity index (χ4v) is 6.53. The molecule has 1 aliphatic heterocycles. The van der Waals surface area contributed by atoms with Crippen LogP contribution in [0.5, 0.6) is 5.75 Å². The monoisotopic (exact) mass is 499 g/mol. The molecule has 1 heterocycles. The maximum atomic E-state index is 12.0. The predicted molar refractivity (Wildman–Crippen MR) is 138 cm³/mol. The number of fused-ring (bicyclic) bond motifs is 3. The van der Waals surface area contributed by atoms with Crippen LogP contribution in [0.1, 0.15) is 47.2 Å². The lowest BCUT2D eigenvalue weighted by Gasteiger charge is -2.46. The number of carbonyl (C=O) groups excluding carboxylic acids is 1. The molecular weight excluding hydrogens is 469 g/mol. The van der Waals surface area contributed by atoms with Gasteiger partial charge in [0.25, 0.3) is 5.24 Å². The van der Waals surface area contributed by atoms with Crippen molar-refractivity contribution in [3.63, 3.8) is 0 Å². The molecule has 6 heteroatoms. The van der Waals surface area contributed by atoms with Crippen LogP contribution in [0.25, 0.3) is 0 Å². The van der Waals surface area contributed by atoms with Crippen molar-refractivity contribution in [1.82, 2.24) is 0 Å². The second kappa shape index (κ2) is 9.56. The van der Waals surface area contributed by atoms with E-state index in [1.54, 1.807) is 13.2 Å². The maximum absolute atomic E-state index is 12.0. The van der Waals surface area contributed by atoms with E-state index in [1.165, 1.54) is 11.1 Å². The number of aryl methyl sites for hydroxylation is 1. The van der Waals surface area contributed by atoms with Gasteiger partial charge < -0.3 is 14.4 Å². The molecule has 0 saturated heterocycles. The number of halogens is 2. The van der Waals surface area contributed by atoms with Crippen molar-refractivity contribution in [3.8, 4) is 5.75 Å². The lowest BCUT2D eigenvalue weighted by Crippen LogP contribution is -2.49. The van der Waals surface area contributed by atoms with Crippen LogP contribution in [0.2, 0.25) is 5.02 Å². The van der Waals surface area contributed by atoms with E-state index in [2.05, 4.69) is 23.6 Å². The zero-order valence-electron chi connectivity index (χ0n) is 19.6. The highest BCUT2D eigenvalue weighted by Crippen LogP contribution is 2.46. The highest BCUT2D eigenvalue weighted by Gasteiger charge is 2.44. The molecule has 180 valence electrons. The lowest BCUT2D eigenvalue weighted by atomic mass is 9.68. The van der Waals surface area contributed by atoms with Crippen LogP contribution >= 0.6 is 23.2 Å². The molecule has 0 radical (unpaired) electrons. The van der Waals surface area contributed by atoms with Crippen molar-refractivity contribution in [2.24, 2.45) is 11.8 Å². The minimum absolute atomic E-state index is 0.0590. The molecule has 0 N–H and O–H groups in total. The number of rotatable bonds is 6. The number of carbonyl (C=O) groups is 1. The zero-order valence-corrected chi connectivity index (χ0v) is 21.1. The van der Waals surface area contributed by atoms with Gasteiger partial charge in [-0.25, -0.2) is 0 Å². The fraction of sp³-hybridized carbons (Fsp3) is 0.464. The Morgan fingerprint density at radius 2 is 2.18 bits per heavy atom. The second-order valence-corrected chi connectivity index (χ2v) is 10.8. The molecular formula is C28H31Cl2NO3. The molecule has 2 aliphatic carbocycles. The first kappa shape index (κ1) is 23.7. The third kappa shape index (κ3) is 4.25. The van der Waals surface area contributed by atoms with Gasteiger partial charge in [0.15, 0.2) is 0 Å². The highest BCUT2D eigenvalue weighted by molar-refractivity contribution is 6.67. The molecule has 4 atom stereocenters. The summed E-state index contributed by atoms with van der Waals surface area (Å²) in [6.45, 7) is 6.27. The van der Waals surface area contributed by atoms with Gasteiger partial charge in [-0.05, 0) is 97.0 Å². The molecule has 5 rings (SSSR count). The van der Waals surface area contributed by atoms with E-state index in [4.69, 9.17) is 32.7 Å². The number of hydrogen-bond donors (Lipinski definition) is 0. The van der Waals surface area contributed by atoms with Crippen molar-refractivity contribution in [1.29, 1.82) is 0 Å². The number of hydrogen-bond acceptors (Lipinski definition) is 4. The normalized spacial score (nSPS) is 26.5. The van der Waals surface area contributed by atoms with Gasteiger partial charge in [-0.1, -0.05) is 23.7 Å². The minimum atomic E-state index is -0.452. The van der Waals surface area contributed by atoms with Crippen LogP contribution in [-0.2, 0) is 16.6 Å². The average Bonchev–Trinajstić information content (AvgIpc) is 2.97. The molecule has 0 bridgehead atoms. The van der Waals surface area contributed by atoms with Crippen LogP contribution < -0.4 is 9.64 Å². The van der Waals surface area contributed by atoms with E-state index in [-0.39, 0.29) is 11.5 Å². The van der Waals surface area contributed by atoms with Gasteiger partial charge in [-0.15, -0.1) is 6.58 Å². The van der Waals surface area contributed by atoms with Gasteiger partial charge >= 0.3 is 0 Å². The van der Waals surface area contributed by atoms with Crippen LogP contribution in [0.15, 0.2) is 49.1 Å². The Morgan fingerprint density at radius 3 is 2.88 bits per heavy atom. The Morgan fingerprint density at radius 1 is 1.32 bits per heavy atom. The van der Waals surface area contributed by atoms with E-state index in [0.717, 1.165) is 61.7 Å². The summed E-state index contributed by atoms with van der Waals surface area (Å²) >= 11 is 12.2. The van der Waals surface area contributed by atoms with Crippen molar-refractivity contribution in [3.05, 3.63) is 70.8 Å². The number of anilines is 1. The number of benzene rings is 2. The number of nitrogens with zero attached hydrogens (tertiary/aromatic N) is 1. The third-order valence-electron chi connectivity index (χ3n) is 8.12. The molecule has 1 saturated carbocycles. The van der Waals surface area contributed by atoms with E-state index < -0.39 is 5.24 Å². The molecule has 0 aromatic heterocycles. The Bertz CT molecular complexity index is 1100. The standard InChI is InChI=1S/C28H31Cl2NO3/c1-3-25(33-2)22-9-6-20(22)15-31-16-28(12-4-5-18-13-21(29)8-10-23(18)28)17-34-26-11-7-19(27(30)32)14-24(26)31/h3,7-8,10-11,13-14,20,22,25H,1,4-6,9,12,15-17H2,2H3/t20-,22+,25?,28-/m0/s1. The van der Waals surface area contributed by atoms with Crippen molar-refractivity contribution >= 4 is 34.1 Å². The minimum Gasteiger partial charge on any atom is -0.490 e. The van der Waals surface area contributed by atoms with Crippen LogP contribution in [-0.4, -0.2) is 38.2 Å². The number of ether oxygens (including phenoxy) is 2. The largest absolute Gasteiger partial charge is 0.490 e. The second-order valence-electron chi connectivity index (χ2n) is 10.00. The van der Waals surface area contributed by atoms with Crippen LogP contribution in [0, 0.1) is 11.8 Å². The first-order valence-corrected chi connectivity index (χ1v) is 12.9. The summed E-state index contributed by atoms with van der Waals surface area (Å²) in [5.74, 6) is 1.73. The van der Waals surface area contributed by atoms with Gasteiger partial charge in [0.2, 0.25) is 0 Å². The molecule has 1 unspecified atom stereocenters. The van der Waals surface area contributed by atoms with Crippen molar-refractivity contribution in [2.75, 3.05) is 31.7 Å². The van der Waals surface area contributed by atoms with Crippen LogP contribution in [0.4, 0.5) is 5.69 Å². The first-order valence-electron chi connectivity index (χ1n) is 12.1. The van der Waals surface area contributed by atoms with E-state index in [0.29, 0.717) is 24.0 Å². The van der Waals surface area contributed by atoms with Gasteiger partial charge in [-0.3, -0.25) is 4.79 Å². The molecule has 0 amide bonds. The van der Waals surface area contributed by atoms with Crippen molar-refractivity contribution < 1.29 is 14.3 Å². The number of methoxy groups -OCH3 is 1. The quantitative estimate of drug-likeness (QED) is 0.339. The van der Waals surface area contributed by atoms with Crippen LogP contribution in [0.3, 0.4) is 0 Å². The topological polar surface area (TPSA) is 38.8 Å². The molecule has 34 heavy (non-hydrogen) atoms.